The lowest BCUT2D eigenvalue weighted by Crippen LogP contribution is -2.10. The fourth-order valence-electron chi connectivity index (χ4n) is 2.73. The largest absolute Gasteiger partial charge is 0.481 e. The van der Waals surface area contributed by atoms with Crippen molar-refractivity contribution in [1.82, 2.24) is 0 Å². The molecule has 148 valence electrons. The average Bonchev–Trinajstić information content (AvgIpc) is 2.72. The number of benzene rings is 3. The SMILES string of the molecule is O=C(O)COc1ccc(SC/C=C(/c2ccccc2)c2ccccc2Cl)cc1I. The van der Waals surface area contributed by atoms with Crippen molar-refractivity contribution < 1.29 is 14.6 Å². The molecule has 0 bridgehead atoms. The highest BCUT2D eigenvalue weighted by Crippen LogP contribution is 2.32. The van der Waals surface area contributed by atoms with E-state index in [2.05, 4.69) is 40.8 Å². The highest BCUT2D eigenvalue weighted by molar-refractivity contribution is 14.1. The Morgan fingerprint density at radius 1 is 1.07 bits per heavy atom. The Kier molecular flexibility index (Phi) is 8.03. The van der Waals surface area contributed by atoms with Gasteiger partial charge in [-0.3, -0.25) is 0 Å². The van der Waals surface area contributed by atoms with E-state index in [0.29, 0.717) is 5.75 Å². The molecule has 0 saturated carbocycles. The van der Waals surface area contributed by atoms with E-state index in [4.69, 9.17) is 21.4 Å². The summed E-state index contributed by atoms with van der Waals surface area (Å²) in [5, 5.41) is 9.47. The van der Waals surface area contributed by atoms with Crippen LogP contribution in [0.2, 0.25) is 5.02 Å². The maximum Gasteiger partial charge on any atom is 0.341 e. The monoisotopic (exact) mass is 536 g/mol. The molecule has 1 N–H and O–H groups in total. The first kappa shape index (κ1) is 21.7. The number of halogens is 2. The molecule has 0 atom stereocenters. The maximum absolute atomic E-state index is 10.7. The van der Waals surface area contributed by atoms with Gasteiger partial charge in [0.2, 0.25) is 0 Å². The molecule has 0 aliphatic rings. The first-order valence-electron chi connectivity index (χ1n) is 8.82. The van der Waals surface area contributed by atoms with Crippen molar-refractivity contribution in [3.8, 4) is 5.75 Å². The van der Waals surface area contributed by atoms with Gasteiger partial charge in [-0.1, -0.05) is 66.2 Å². The molecule has 0 fully saturated rings. The lowest BCUT2D eigenvalue weighted by molar-refractivity contribution is -0.139. The predicted molar refractivity (Wildman–Crippen MR) is 128 cm³/mol. The van der Waals surface area contributed by atoms with Crippen LogP contribution in [-0.2, 0) is 4.79 Å². The molecule has 29 heavy (non-hydrogen) atoms. The molecular weight excluding hydrogens is 519 g/mol. The summed E-state index contributed by atoms with van der Waals surface area (Å²) < 4.78 is 6.16. The summed E-state index contributed by atoms with van der Waals surface area (Å²) in [6, 6.07) is 23.8. The maximum atomic E-state index is 10.7. The van der Waals surface area contributed by atoms with Gasteiger partial charge in [-0.25, -0.2) is 4.79 Å². The van der Waals surface area contributed by atoms with Gasteiger partial charge in [0.15, 0.2) is 6.61 Å². The van der Waals surface area contributed by atoms with Gasteiger partial charge in [-0.15, -0.1) is 11.8 Å². The molecule has 3 aromatic rings. The zero-order chi connectivity index (χ0) is 20.6. The summed E-state index contributed by atoms with van der Waals surface area (Å²) in [4.78, 5) is 11.7. The second kappa shape index (κ2) is 10.7. The minimum atomic E-state index is -0.989. The smallest absolute Gasteiger partial charge is 0.341 e. The number of carbonyl (C=O) groups is 1. The lowest BCUT2D eigenvalue weighted by atomic mass is 9.98. The Bertz CT molecular complexity index is 1020. The van der Waals surface area contributed by atoms with Crippen molar-refractivity contribution in [3.05, 3.63) is 98.6 Å². The molecule has 0 radical (unpaired) electrons. The molecule has 3 rings (SSSR count). The third kappa shape index (κ3) is 6.26. The number of thioether (sulfide) groups is 1. The number of carboxylic acid groups (broad SMARTS) is 1. The van der Waals surface area contributed by atoms with Crippen LogP contribution in [0.15, 0.2) is 83.8 Å². The number of carboxylic acids is 1. The summed E-state index contributed by atoms with van der Waals surface area (Å²) in [6.07, 6.45) is 2.18. The van der Waals surface area contributed by atoms with Gasteiger partial charge in [0, 0.05) is 21.2 Å². The van der Waals surface area contributed by atoms with Gasteiger partial charge < -0.3 is 9.84 Å². The van der Waals surface area contributed by atoms with Gasteiger partial charge in [-0.05, 0) is 58.0 Å². The first-order chi connectivity index (χ1) is 14.0. The molecule has 0 aliphatic carbocycles. The van der Waals surface area contributed by atoms with Crippen molar-refractivity contribution in [1.29, 1.82) is 0 Å². The van der Waals surface area contributed by atoms with Gasteiger partial charge in [0.25, 0.3) is 0 Å². The van der Waals surface area contributed by atoms with E-state index in [-0.39, 0.29) is 6.61 Å². The molecule has 3 aromatic carbocycles. The number of ether oxygens (including phenoxy) is 1. The quantitative estimate of drug-likeness (QED) is 0.259. The molecule has 0 amide bonds. The summed E-state index contributed by atoms with van der Waals surface area (Å²) in [5.41, 5.74) is 3.22. The number of rotatable bonds is 8. The van der Waals surface area contributed by atoms with Crippen molar-refractivity contribution in [2.75, 3.05) is 12.4 Å². The highest BCUT2D eigenvalue weighted by Gasteiger charge is 2.09. The zero-order valence-electron chi connectivity index (χ0n) is 15.3. The van der Waals surface area contributed by atoms with Crippen LogP contribution in [0.3, 0.4) is 0 Å². The number of hydrogen-bond acceptors (Lipinski definition) is 3. The molecule has 0 aliphatic heterocycles. The Balaban J connectivity index is 1.78. The van der Waals surface area contributed by atoms with Crippen LogP contribution in [0, 0.1) is 3.57 Å². The van der Waals surface area contributed by atoms with Crippen molar-refractivity contribution >= 4 is 57.5 Å². The normalized spacial score (nSPS) is 11.3. The van der Waals surface area contributed by atoms with Gasteiger partial charge >= 0.3 is 5.97 Å². The lowest BCUT2D eigenvalue weighted by Gasteiger charge is -2.11. The van der Waals surface area contributed by atoms with Gasteiger partial charge in [-0.2, -0.15) is 0 Å². The topological polar surface area (TPSA) is 46.5 Å². The summed E-state index contributed by atoms with van der Waals surface area (Å²) in [5.74, 6) is 0.354. The first-order valence-corrected chi connectivity index (χ1v) is 11.3. The van der Waals surface area contributed by atoms with Gasteiger partial charge in [0.05, 0.1) is 3.57 Å². The van der Waals surface area contributed by atoms with Crippen molar-refractivity contribution in [3.63, 3.8) is 0 Å². The van der Waals surface area contributed by atoms with Crippen molar-refractivity contribution in [2.24, 2.45) is 0 Å². The van der Waals surface area contributed by atoms with Gasteiger partial charge in [0.1, 0.15) is 5.75 Å². The van der Waals surface area contributed by atoms with Crippen LogP contribution in [0.1, 0.15) is 11.1 Å². The van der Waals surface area contributed by atoms with Crippen molar-refractivity contribution in [2.45, 2.75) is 4.90 Å². The fourth-order valence-corrected chi connectivity index (χ4v) is 4.66. The van der Waals surface area contributed by atoms with E-state index in [1.807, 2.05) is 60.7 Å². The summed E-state index contributed by atoms with van der Waals surface area (Å²) >= 11 is 10.3. The molecule has 0 aromatic heterocycles. The van der Waals surface area contributed by atoms with E-state index in [0.717, 1.165) is 35.9 Å². The van der Waals surface area contributed by atoms with E-state index >= 15 is 0 Å². The molecule has 0 saturated heterocycles. The summed E-state index contributed by atoms with van der Waals surface area (Å²) in [6.45, 7) is -0.344. The van der Waals surface area contributed by atoms with Crippen LogP contribution >= 0.6 is 46.0 Å². The molecule has 0 unspecified atom stereocenters. The average molecular weight is 537 g/mol. The van der Waals surface area contributed by atoms with E-state index in [1.54, 1.807) is 11.8 Å². The Morgan fingerprint density at radius 3 is 2.48 bits per heavy atom. The second-order valence-electron chi connectivity index (χ2n) is 6.05. The van der Waals surface area contributed by atoms with E-state index in [9.17, 15) is 4.79 Å². The summed E-state index contributed by atoms with van der Waals surface area (Å²) in [7, 11) is 0. The molecule has 6 heteroatoms. The Morgan fingerprint density at radius 2 is 1.79 bits per heavy atom. The second-order valence-corrected chi connectivity index (χ2v) is 8.71. The van der Waals surface area contributed by atoms with E-state index in [1.165, 1.54) is 0 Å². The number of hydrogen-bond donors (Lipinski definition) is 1. The minimum absolute atomic E-state index is 0.344. The molecule has 0 spiro atoms. The minimum Gasteiger partial charge on any atom is -0.481 e. The predicted octanol–water partition coefficient (Wildman–Crippen LogP) is 6.63. The van der Waals surface area contributed by atoms with Crippen LogP contribution in [0.4, 0.5) is 0 Å². The van der Waals surface area contributed by atoms with Crippen LogP contribution < -0.4 is 4.74 Å². The van der Waals surface area contributed by atoms with E-state index < -0.39 is 5.97 Å². The Hall–Kier alpha value is -1.96. The molecule has 3 nitrogen and oxygen atoms in total. The van der Waals surface area contributed by atoms with Crippen LogP contribution in [0.25, 0.3) is 5.57 Å². The fraction of sp³-hybridized carbons (Fsp3) is 0.0870. The third-order valence-electron chi connectivity index (χ3n) is 4.04. The molecular formula is C23H18ClIO3S. The highest BCUT2D eigenvalue weighted by atomic mass is 127. The zero-order valence-corrected chi connectivity index (χ0v) is 19.1. The molecule has 0 heterocycles. The standard InChI is InChI=1S/C23H18ClIO3S/c24-20-9-5-4-8-19(20)18(16-6-2-1-3-7-16)12-13-29-17-10-11-22(21(25)14-17)28-15-23(26)27/h1-12,14H,13,15H2,(H,26,27)/b18-12-. The Labute approximate surface area is 192 Å². The van der Waals surface area contributed by atoms with Crippen LogP contribution in [0.5, 0.6) is 5.75 Å². The third-order valence-corrected chi connectivity index (χ3v) is 6.13. The van der Waals surface area contributed by atoms with Crippen LogP contribution in [-0.4, -0.2) is 23.4 Å². The number of aliphatic carboxylic acids is 1.